The van der Waals surface area contributed by atoms with Gasteiger partial charge in [-0.3, -0.25) is 4.79 Å². The molecule has 0 saturated carbocycles. The SMILES string of the molecule is Cc1cc(SCC(=O)N(Cc2ccc(Cl)cc2)C(c2ccccc2)c2ccccc2)ccc1OCC(O)O. The molecule has 0 heterocycles. The molecule has 0 aromatic heterocycles. The van der Waals surface area contributed by atoms with Gasteiger partial charge in [0.25, 0.3) is 0 Å². The highest BCUT2D eigenvalue weighted by molar-refractivity contribution is 8.00. The van der Waals surface area contributed by atoms with E-state index in [4.69, 9.17) is 26.6 Å². The number of ether oxygens (including phenoxy) is 1. The number of halogens is 1. The van der Waals surface area contributed by atoms with Crippen LogP contribution in [-0.4, -0.2) is 39.7 Å². The summed E-state index contributed by atoms with van der Waals surface area (Å²) in [5, 5.41) is 18.8. The van der Waals surface area contributed by atoms with Gasteiger partial charge in [-0.2, -0.15) is 0 Å². The number of carbonyl (C=O) groups excluding carboxylic acids is 1. The molecular weight excluding hydrogens is 518 g/mol. The first-order valence-electron chi connectivity index (χ1n) is 12.3. The van der Waals surface area contributed by atoms with Crippen molar-refractivity contribution in [3.63, 3.8) is 0 Å². The summed E-state index contributed by atoms with van der Waals surface area (Å²) in [6.07, 6.45) is -1.53. The first-order valence-corrected chi connectivity index (χ1v) is 13.6. The number of hydrogen-bond acceptors (Lipinski definition) is 5. The fourth-order valence-electron chi connectivity index (χ4n) is 4.20. The molecule has 5 nitrogen and oxygen atoms in total. The first-order chi connectivity index (χ1) is 18.4. The summed E-state index contributed by atoms with van der Waals surface area (Å²) in [7, 11) is 0. The second-order valence-corrected chi connectivity index (χ2v) is 10.4. The molecular formula is C31H30ClNO4S. The average Bonchev–Trinajstić information content (AvgIpc) is 2.93. The Morgan fingerprint density at radius 2 is 1.50 bits per heavy atom. The third-order valence-corrected chi connectivity index (χ3v) is 7.26. The molecule has 196 valence electrons. The molecule has 4 rings (SSSR count). The zero-order chi connectivity index (χ0) is 26.9. The highest BCUT2D eigenvalue weighted by Crippen LogP contribution is 2.32. The van der Waals surface area contributed by atoms with Crippen LogP contribution in [0.2, 0.25) is 5.02 Å². The number of benzene rings is 4. The maximum absolute atomic E-state index is 13.9. The van der Waals surface area contributed by atoms with Crippen LogP contribution in [0, 0.1) is 6.92 Å². The molecule has 2 N–H and O–H groups in total. The van der Waals surface area contributed by atoms with E-state index in [2.05, 4.69) is 24.3 Å². The lowest BCUT2D eigenvalue weighted by Gasteiger charge is -2.33. The van der Waals surface area contributed by atoms with Crippen LogP contribution in [-0.2, 0) is 11.3 Å². The Labute approximate surface area is 232 Å². The van der Waals surface area contributed by atoms with Crippen LogP contribution >= 0.6 is 23.4 Å². The first kappa shape index (κ1) is 27.7. The summed E-state index contributed by atoms with van der Waals surface area (Å²) < 4.78 is 5.43. The number of nitrogens with zero attached hydrogens (tertiary/aromatic N) is 1. The van der Waals surface area contributed by atoms with Gasteiger partial charge in [0, 0.05) is 16.5 Å². The molecule has 0 atom stereocenters. The van der Waals surface area contributed by atoms with Gasteiger partial charge in [0.1, 0.15) is 12.4 Å². The third-order valence-electron chi connectivity index (χ3n) is 6.03. The number of aliphatic hydroxyl groups is 2. The molecule has 7 heteroatoms. The van der Waals surface area contributed by atoms with E-state index < -0.39 is 6.29 Å². The predicted molar refractivity (Wildman–Crippen MR) is 152 cm³/mol. The molecule has 0 bridgehead atoms. The van der Waals surface area contributed by atoms with Crippen molar-refractivity contribution in [2.24, 2.45) is 0 Å². The van der Waals surface area contributed by atoms with Gasteiger partial charge in [0.05, 0.1) is 11.8 Å². The normalized spacial score (nSPS) is 11.1. The van der Waals surface area contributed by atoms with Crippen LogP contribution in [0.4, 0.5) is 0 Å². The fraction of sp³-hybridized carbons (Fsp3) is 0.194. The van der Waals surface area contributed by atoms with Crippen molar-refractivity contribution in [1.29, 1.82) is 0 Å². The van der Waals surface area contributed by atoms with Crippen LogP contribution in [0.25, 0.3) is 0 Å². The van der Waals surface area contributed by atoms with Crippen LogP contribution in [0.1, 0.15) is 28.3 Å². The monoisotopic (exact) mass is 547 g/mol. The predicted octanol–water partition coefficient (Wildman–Crippen LogP) is 6.25. The van der Waals surface area contributed by atoms with Crippen LogP contribution in [0.3, 0.4) is 0 Å². The van der Waals surface area contributed by atoms with Crippen LogP contribution in [0.5, 0.6) is 5.75 Å². The minimum atomic E-state index is -1.53. The minimum Gasteiger partial charge on any atom is -0.488 e. The van der Waals surface area contributed by atoms with Crippen molar-refractivity contribution in [3.8, 4) is 5.75 Å². The molecule has 0 aliphatic rings. The summed E-state index contributed by atoms with van der Waals surface area (Å²) in [5.74, 6) is 0.828. The number of amides is 1. The number of thioether (sulfide) groups is 1. The van der Waals surface area contributed by atoms with Crippen LogP contribution < -0.4 is 4.74 Å². The van der Waals surface area contributed by atoms with Crippen molar-refractivity contribution in [1.82, 2.24) is 4.90 Å². The van der Waals surface area contributed by atoms with Gasteiger partial charge >= 0.3 is 0 Å². The van der Waals surface area contributed by atoms with Gasteiger partial charge < -0.3 is 19.8 Å². The molecule has 0 aliphatic carbocycles. The Morgan fingerprint density at radius 3 is 2.05 bits per heavy atom. The topological polar surface area (TPSA) is 70.0 Å². The van der Waals surface area contributed by atoms with Crippen molar-refractivity contribution in [3.05, 3.63) is 130 Å². The van der Waals surface area contributed by atoms with E-state index in [0.717, 1.165) is 27.1 Å². The Bertz CT molecular complexity index is 1280. The lowest BCUT2D eigenvalue weighted by Crippen LogP contribution is -2.36. The zero-order valence-electron chi connectivity index (χ0n) is 21.0. The maximum Gasteiger partial charge on any atom is 0.234 e. The molecule has 0 radical (unpaired) electrons. The van der Waals surface area contributed by atoms with Gasteiger partial charge in [-0.15, -0.1) is 11.8 Å². The van der Waals surface area contributed by atoms with Crippen molar-refractivity contribution >= 4 is 29.3 Å². The van der Waals surface area contributed by atoms with Crippen LogP contribution in [0.15, 0.2) is 108 Å². The lowest BCUT2D eigenvalue weighted by molar-refractivity contribution is -0.130. The minimum absolute atomic E-state index is 0.00374. The van der Waals surface area contributed by atoms with Crippen molar-refractivity contribution in [2.75, 3.05) is 12.4 Å². The number of rotatable bonds is 11. The smallest absolute Gasteiger partial charge is 0.234 e. The number of aryl methyl sites for hydroxylation is 1. The Kier molecular flexibility index (Phi) is 9.85. The standard InChI is InChI=1S/C31H30ClNO4S/c1-22-18-27(16-17-28(22)37-20-30(35)36)38-21-29(34)33(19-23-12-14-26(32)15-13-23)31(24-8-4-2-5-9-24)25-10-6-3-7-11-25/h2-18,30-31,35-36H,19-21H2,1H3. The second kappa shape index (κ2) is 13.5. The van der Waals surface area contributed by atoms with Gasteiger partial charge in [0.15, 0.2) is 6.29 Å². The fourth-order valence-corrected chi connectivity index (χ4v) is 5.21. The quantitative estimate of drug-likeness (QED) is 0.172. The Hall–Kier alpha value is -3.29. The van der Waals surface area contributed by atoms with Crippen molar-refractivity contribution in [2.45, 2.75) is 30.7 Å². The largest absolute Gasteiger partial charge is 0.488 e. The van der Waals surface area contributed by atoms with Gasteiger partial charge in [0.2, 0.25) is 5.91 Å². The molecule has 0 fully saturated rings. The molecule has 4 aromatic carbocycles. The van der Waals surface area contributed by atoms with Gasteiger partial charge in [-0.05, 0) is 59.5 Å². The number of aliphatic hydroxyl groups excluding tert-OH is 1. The highest BCUT2D eigenvalue weighted by Gasteiger charge is 2.27. The number of hydrogen-bond donors (Lipinski definition) is 2. The van der Waals surface area contributed by atoms with Crippen molar-refractivity contribution < 1.29 is 19.7 Å². The molecule has 0 aliphatic heterocycles. The van der Waals surface area contributed by atoms with Gasteiger partial charge in [-0.1, -0.05) is 84.4 Å². The van der Waals surface area contributed by atoms with E-state index >= 15 is 0 Å². The maximum atomic E-state index is 13.9. The zero-order valence-corrected chi connectivity index (χ0v) is 22.6. The van der Waals surface area contributed by atoms with Gasteiger partial charge in [-0.25, -0.2) is 0 Å². The molecule has 38 heavy (non-hydrogen) atoms. The van der Waals surface area contributed by atoms with E-state index in [1.54, 1.807) is 6.07 Å². The lowest BCUT2D eigenvalue weighted by atomic mass is 9.96. The summed E-state index contributed by atoms with van der Waals surface area (Å²) in [4.78, 5) is 16.8. The van der Waals surface area contributed by atoms with E-state index in [1.807, 2.05) is 84.6 Å². The molecule has 4 aromatic rings. The molecule has 0 saturated heterocycles. The van der Waals surface area contributed by atoms with E-state index in [0.29, 0.717) is 17.3 Å². The summed E-state index contributed by atoms with van der Waals surface area (Å²) in [6, 6.07) is 33.1. The molecule has 0 unspecified atom stereocenters. The van der Waals surface area contributed by atoms with E-state index in [-0.39, 0.29) is 24.3 Å². The highest BCUT2D eigenvalue weighted by atomic mass is 35.5. The average molecular weight is 548 g/mol. The summed E-state index contributed by atoms with van der Waals surface area (Å²) in [6.45, 7) is 2.12. The summed E-state index contributed by atoms with van der Waals surface area (Å²) >= 11 is 7.58. The Morgan fingerprint density at radius 1 is 0.895 bits per heavy atom. The second-order valence-electron chi connectivity index (χ2n) is 8.88. The number of carbonyl (C=O) groups is 1. The molecule has 1 amide bonds. The van der Waals surface area contributed by atoms with E-state index in [9.17, 15) is 4.79 Å². The Balaban J connectivity index is 1.60. The van der Waals surface area contributed by atoms with E-state index in [1.165, 1.54) is 11.8 Å². The molecule has 0 spiro atoms. The summed E-state index contributed by atoms with van der Waals surface area (Å²) in [5.41, 5.74) is 3.92. The third kappa shape index (κ3) is 7.62.